The van der Waals surface area contributed by atoms with Crippen molar-refractivity contribution in [1.29, 1.82) is 5.59 Å². The Balaban J connectivity index is -0.000000535. The van der Waals surface area contributed by atoms with Gasteiger partial charge in [-0.3, -0.25) is 0 Å². The Morgan fingerprint density at radius 1 is 0.955 bits per heavy atom. The van der Waals surface area contributed by atoms with Crippen LogP contribution in [-0.2, 0) is 14.2 Å². The van der Waals surface area contributed by atoms with Crippen molar-refractivity contribution in [3.8, 4) is 0 Å². The summed E-state index contributed by atoms with van der Waals surface area (Å²) in [6.45, 7) is 16.3. The Morgan fingerprint density at radius 2 is 1.45 bits per heavy atom. The second-order valence-corrected chi connectivity index (χ2v) is 4.09. The van der Waals surface area contributed by atoms with E-state index in [0.29, 0.717) is 19.3 Å². The molecule has 0 aliphatic carbocycles. The van der Waals surface area contributed by atoms with Crippen molar-refractivity contribution in [2.24, 2.45) is 0 Å². The largest absolute Gasteiger partial charge is 0.381 e. The number of hydrogen-bond acceptors (Lipinski definition) is 6. The van der Waals surface area contributed by atoms with Gasteiger partial charge in [0.05, 0.1) is 25.9 Å². The van der Waals surface area contributed by atoms with Crippen LogP contribution in [0, 0.1) is 10.5 Å². The molecule has 0 unspecified atom stereocenters. The molecule has 1 heterocycles. The van der Waals surface area contributed by atoms with Crippen LogP contribution in [0.5, 0.6) is 0 Å². The van der Waals surface area contributed by atoms with E-state index in [-0.39, 0.29) is 0 Å². The summed E-state index contributed by atoms with van der Waals surface area (Å²) in [4.78, 5) is 9.94. The first kappa shape index (κ1) is 26.3. The zero-order valence-electron chi connectivity index (χ0n) is 15.5. The van der Waals surface area contributed by atoms with Crippen molar-refractivity contribution in [2.75, 3.05) is 53.2 Å². The standard InChI is InChI=1S/C12H25NO3.2C2H6.HNO/c1-3-15-10-11-16-9-8-13-6-4-12(14-2)5-7-13;3*1-2/h12H,3-11H2,1-2H3;2*1-2H3;1H. The second-order valence-electron chi connectivity index (χ2n) is 4.09. The summed E-state index contributed by atoms with van der Waals surface area (Å²) >= 11 is 0. The summed E-state index contributed by atoms with van der Waals surface area (Å²) in [6.07, 6.45) is 2.76. The maximum absolute atomic E-state index is 7.50. The molecule has 0 atom stereocenters. The molecule has 0 aromatic carbocycles. The van der Waals surface area contributed by atoms with Crippen LogP contribution in [0.15, 0.2) is 0 Å². The molecular weight excluding hydrogens is 284 g/mol. The maximum atomic E-state index is 7.50. The van der Waals surface area contributed by atoms with E-state index in [1.54, 1.807) is 7.11 Å². The van der Waals surface area contributed by atoms with Gasteiger partial charge in [0, 0.05) is 33.4 Å². The number of ether oxygens (including phenoxy) is 3. The van der Waals surface area contributed by atoms with Gasteiger partial charge in [0.2, 0.25) is 0 Å². The molecule has 6 heteroatoms. The highest BCUT2D eigenvalue weighted by molar-refractivity contribution is 4.71. The fourth-order valence-corrected chi connectivity index (χ4v) is 1.93. The molecule has 0 saturated carbocycles. The van der Waals surface area contributed by atoms with Crippen LogP contribution in [-0.4, -0.2) is 64.2 Å². The first-order valence-electron chi connectivity index (χ1n) is 8.48. The Hall–Kier alpha value is -0.560. The van der Waals surface area contributed by atoms with Crippen molar-refractivity contribution in [2.45, 2.75) is 53.6 Å². The molecular formula is C16H38N2O4. The predicted octanol–water partition coefficient (Wildman–Crippen LogP) is 3.53. The van der Waals surface area contributed by atoms with Gasteiger partial charge in [-0.2, -0.15) is 4.91 Å². The summed E-state index contributed by atoms with van der Waals surface area (Å²) in [5.74, 6) is 0. The number of rotatable bonds is 8. The van der Waals surface area contributed by atoms with Crippen LogP contribution in [0.4, 0.5) is 0 Å². The van der Waals surface area contributed by atoms with E-state index in [1.807, 2.05) is 34.6 Å². The summed E-state index contributed by atoms with van der Waals surface area (Å²) in [5.41, 5.74) is 4.50. The van der Waals surface area contributed by atoms with E-state index in [1.165, 1.54) is 0 Å². The summed E-state index contributed by atoms with van der Waals surface area (Å²) < 4.78 is 16.0. The van der Waals surface area contributed by atoms with Crippen molar-refractivity contribution in [3.05, 3.63) is 4.91 Å². The number of hydrogen-bond donors (Lipinski definition) is 1. The Morgan fingerprint density at radius 3 is 1.91 bits per heavy atom. The van der Waals surface area contributed by atoms with Gasteiger partial charge in [0.1, 0.15) is 0 Å². The molecule has 0 radical (unpaired) electrons. The predicted molar refractivity (Wildman–Crippen MR) is 92.6 cm³/mol. The average Bonchev–Trinajstić information content (AvgIpc) is 2.63. The molecule has 1 saturated heterocycles. The molecule has 0 aromatic heterocycles. The van der Waals surface area contributed by atoms with Gasteiger partial charge in [-0.15, -0.1) is 0 Å². The fourth-order valence-electron chi connectivity index (χ4n) is 1.93. The molecule has 0 amide bonds. The van der Waals surface area contributed by atoms with Gasteiger partial charge in [0.25, 0.3) is 0 Å². The lowest BCUT2D eigenvalue weighted by molar-refractivity contribution is 0.0174. The van der Waals surface area contributed by atoms with E-state index in [4.69, 9.17) is 19.1 Å². The molecule has 1 N–H and O–H groups in total. The monoisotopic (exact) mass is 322 g/mol. The lowest BCUT2D eigenvalue weighted by atomic mass is 10.1. The summed E-state index contributed by atoms with van der Waals surface area (Å²) in [5, 5.41) is 0. The van der Waals surface area contributed by atoms with E-state index < -0.39 is 0 Å². The van der Waals surface area contributed by atoms with E-state index in [0.717, 1.165) is 45.7 Å². The molecule has 136 valence electrons. The number of nitrogens with one attached hydrogen (secondary N) is 1. The molecule has 6 nitrogen and oxygen atoms in total. The number of nitroso groups, excluding NO2 is 1. The van der Waals surface area contributed by atoms with Crippen LogP contribution < -0.4 is 0 Å². The molecule has 0 bridgehead atoms. The Labute approximate surface area is 137 Å². The Kier molecular flexibility index (Phi) is 30.4. The summed E-state index contributed by atoms with van der Waals surface area (Å²) in [7, 11) is 1.80. The van der Waals surface area contributed by atoms with Crippen LogP contribution in [0.25, 0.3) is 0 Å². The third-order valence-electron chi connectivity index (χ3n) is 3.00. The van der Waals surface area contributed by atoms with E-state index in [9.17, 15) is 0 Å². The van der Waals surface area contributed by atoms with Gasteiger partial charge in [-0.25, -0.2) is 0 Å². The van der Waals surface area contributed by atoms with Gasteiger partial charge in [-0.05, 0) is 19.8 Å². The maximum Gasteiger partial charge on any atom is 0.0701 e. The molecule has 0 aromatic rings. The molecule has 22 heavy (non-hydrogen) atoms. The molecule has 1 fully saturated rings. The lowest BCUT2D eigenvalue weighted by Crippen LogP contribution is -2.38. The smallest absolute Gasteiger partial charge is 0.0701 e. The number of likely N-dealkylation sites (tertiary alicyclic amines) is 1. The van der Waals surface area contributed by atoms with E-state index in [2.05, 4.69) is 10.5 Å². The fraction of sp³-hybridized carbons (Fsp3) is 1.00. The Bertz CT molecular complexity index is 178. The second kappa shape index (κ2) is 25.4. The number of methoxy groups -OCH3 is 1. The van der Waals surface area contributed by atoms with Gasteiger partial charge in [-0.1, -0.05) is 33.3 Å². The SMILES string of the molecule is CC.CC.CCOCCOCCN1CCC(OC)CC1.N=O. The number of nitrogens with zero attached hydrogens (tertiary/aromatic N) is 1. The third kappa shape index (κ3) is 17.5. The zero-order valence-corrected chi connectivity index (χ0v) is 15.5. The van der Waals surface area contributed by atoms with Gasteiger partial charge in [0.15, 0.2) is 0 Å². The average molecular weight is 322 g/mol. The van der Waals surface area contributed by atoms with Crippen LogP contribution >= 0.6 is 0 Å². The molecule has 0 spiro atoms. The number of piperidine rings is 1. The zero-order chi connectivity index (χ0) is 17.6. The van der Waals surface area contributed by atoms with Crippen molar-refractivity contribution in [3.63, 3.8) is 0 Å². The van der Waals surface area contributed by atoms with Crippen molar-refractivity contribution in [1.82, 2.24) is 4.90 Å². The highest BCUT2D eigenvalue weighted by Gasteiger charge is 2.17. The van der Waals surface area contributed by atoms with Crippen LogP contribution in [0.1, 0.15) is 47.5 Å². The topological polar surface area (TPSA) is 71.8 Å². The van der Waals surface area contributed by atoms with Gasteiger partial charge < -0.3 is 19.1 Å². The highest BCUT2D eigenvalue weighted by atomic mass is 16.5. The molecule has 1 rings (SSSR count). The first-order chi connectivity index (χ1) is 10.9. The quantitative estimate of drug-likeness (QED) is 0.546. The molecule has 1 aliphatic rings. The molecule has 1 aliphatic heterocycles. The van der Waals surface area contributed by atoms with E-state index >= 15 is 0 Å². The lowest BCUT2D eigenvalue weighted by Gasteiger charge is -2.30. The minimum Gasteiger partial charge on any atom is -0.381 e. The normalized spacial score (nSPS) is 14.6. The van der Waals surface area contributed by atoms with Crippen LogP contribution in [0.3, 0.4) is 0 Å². The summed E-state index contributed by atoms with van der Waals surface area (Å²) in [6, 6.07) is 0. The minimum atomic E-state index is 0.468. The first-order valence-corrected chi connectivity index (χ1v) is 8.48. The minimum absolute atomic E-state index is 0.468. The van der Waals surface area contributed by atoms with Crippen molar-refractivity contribution >= 4 is 0 Å². The van der Waals surface area contributed by atoms with Crippen molar-refractivity contribution < 1.29 is 14.2 Å². The third-order valence-corrected chi connectivity index (χ3v) is 3.00. The highest BCUT2D eigenvalue weighted by Crippen LogP contribution is 2.11. The van der Waals surface area contributed by atoms with Gasteiger partial charge >= 0.3 is 0 Å². The van der Waals surface area contributed by atoms with Crippen LogP contribution in [0.2, 0.25) is 0 Å².